The maximum atomic E-state index is 12.1. The second-order valence-electron chi connectivity index (χ2n) is 3.74. The second kappa shape index (κ2) is 5.38. The number of Topliss-reactive ketones (excluding diaryl/α,β-unsaturated/α-hetero) is 1. The summed E-state index contributed by atoms with van der Waals surface area (Å²) in [6, 6.07) is 8.43. The van der Waals surface area contributed by atoms with E-state index in [9.17, 15) is 4.79 Å². The van der Waals surface area contributed by atoms with Crippen molar-refractivity contribution in [3.63, 3.8) is 0 Å². The van der Waals surface area contributed by atoms with E-state index in [0.717, 1.165) is 0 Å². The van der Waals surface area contributed by atoms with Crippen molar-refractivity contribution in [2.45, 2.75) is 6.42 Å². The molecule has 1 aromatic heterocycles. The first-order valence-electron chi connectivity index (χ1n) is 5.26. The van der Waals surface area contributed by atoms with Crippen LogP contribution in [0.5, 0.6) is 0 Å². The number of carbonyl (C=O) groups is 1. The fourth-order valence-corrected chi connectivity index (χ4v) is 2.14. The van der Waals surface area contributed by atoms with Crippen LogP contribution < -0.4 is 5.73 Å². The number of halogens is 2. The van der Waals surface area contributed by atoms with E-state index in [1.54, 1.807) is 30.3 Å². The lowest BCUT2D eigenvalue weighted by atomic mass is 10.0. The van der Waals surface area contributed by atoms with Crippen LogP contribution in [0.4, 0.5) is 5.82 Å². The van der Waals surface area contributed by atoms with Crippen LogP contribution >= 0.6 is 23.2 Å². The molecule has 0 aliphatic rings. The number of anilines is 1. The Labute approximate surface area is 115 Å². The van der Waals surface area contributed by atoms with Gasteiger partial charge in [0.1, 0.15) is 5.82 Å². The average Bonchev–Trinajstić information content (AvgIpc) is 2.34. The van der Waals surface area contributed by atoms with Crippen LogP contribution in [0, 0.1) is 0 Å². The predicted molar refractivity (Wildman–Crippen MR) is 73.1 cm³/mol. The zero-order chi connectivity index (χ0) is 13.1. The molecule has 0 amide bonds. The monoisotopic (exact) mass is 280 g/mol. The molecule has 0 spiro atoms. The summed E-state index contributed by atoms with van der Waals surface area (Å²) in [4.78, 5) is 16.0. The number of aromatic nitrogens is 1. The molecular weight excluding hydrogens is 271 g/mol. The molecule has 0 atom stereocenters. The van der Waals surface area contributed by atoms with Gasteiger partial charge in [-0.25, -0.2) is 4.98 Å². The Balaban J connectivity index is 2.30. The summed E-state index contributed by atoms with van der Waals surface area (Å²) in [6.45, 7) is 0. The van der Waals surface area contributed by atoms with Gasteiger partial charge in [0.15, 0.2) is 5.78 Å². The number of nitrogen functional groups attached to an aromatic ring is 1. The summed E-state index contributed by atoms with van der Waals surface area (Å²) < 4.78 is 0. The van der Waals surface area contributed by atoms with Crippen LogP contribution in [0.3, 0.4) is 0 Å². The van der Waals surface area contributed by atoms with Crippen molar-refractivity contribution in [3.05, 3.63) is 57.7 Å². The molecule has 0 saturated carbocycles. The number of hydrogen-bond donors (Lipinski definition) is 1. The van der Waals surface area contributed by atoms with Gasteiger partial charge in [-0.05, 0) is 29.8 Å². The van der Waals surface area contributed by atoms with Gasteiger partial charge in [0.05, 0.1) is 5.56 Å². The molecule has 1 heterocycles. The van der Waals surface area contributed by atoms with Gasteiger partial charge in [0, 0.05) is 22.7 Å². The largest absolute Gasteiger partial charge is 0.383 e. The van der Waals surface area contributed by atoms with E-state index >= 15 is 0 Å². The number of benzene rings is 1. The molecule has 0 bridgehead atoms. The fourth-order valence-electron chi connectivity index (χ4n) is 1.61. The van der Waals surface area contributed by atoms with Crippen LogP contribution in [-0.2, 0) is 6.42 Å². The number of nitrogens with two attached hydrogens (primary N) is 1. The first-order valence-corrected chi connectivity index (χ1v) is 6.01. The van der Waals surface area contributed by atoms with E-state index in [2.05, 4.69) is 4.98 Å². The van der Waals surface area contributed by atoms with Gasteiger partial charge in [-0.15, -0.1) is 0 Å². The molecule has 0 saturated heterocycles. The molecule has 0 aliphatic heterocycles. The molecule has 92 valence electrons. The Morgan fingerprint density at radius 3 is 2.44 bits per heavy atom. The van der Waals surface area contributed by atoms with Gasteiger partial charge < -0.3 is 5.73 Å². The Morgan fingerprint density at radius 1 is 1.17 bits per heavy atom. The highest BCUT2D eigenvalue weighted by Gasteiger charge is 2.14. The van der Waals surface area contributed by atoms with E-state index in [1.807, 2.05) is 0 Å². The topological polar surface area (TPSA) is 56.0 Å². The summed E-state index contributed by atoms with van der Waals surface area (Å²) in [7, 11) is 0. The van der Waals surface area contributed by atoms with Gasteiger partial charge in [0.2, 0.25) is 0 Å². The molecule has 0 aliphatic carbocycles. The SMILES string of the molecule is Nc1ncccc1C(=O)Cc1c(Cl)cccc1Cl. The van der Waals surface area contributed by atoms with E-state index in [0.29, 0.717) is 21.2 Å². The normalized spacial score (nSPS) is 10.3. The van der Waals surface area contributed by atoms with Gasteiger partial charge in [-0.3, -0.25) is 4.79 Å². The standard InChI is InChI=1S/C13H10Cl2N2O/c14-10-4-1-5-11(15)9(10)7-12(18)8-3-2-6-17-13(8)16/h1-6H,7H2,(H2,16,17). The first kappa shape index (κ1) is 12.9. The zero-order valence-electron chi connectivity index (χ0n) is 9.36. The van der Waals surface area contributed by atoms with Gasteiger partial charge >= 0.3 is 0 Å². The molecule has 2 N–H and O–H groups in total. The number of hydrogen-bond acceptors (Lipinski definition) is 3. The molecule has 3 nitrogen and oxygen atoms in total. The summed E-state index contributed by atoms with van der Waals surface area (Å²) >= 11 is 12.0. The van der Waals surface area contributed by atoms with Gasteiger partial charge in [-0.1, -0.05) is 29.3 Å². The molecule has 2 aromatic rings. The number of pyridine rings is 1. The Bertz CT molecular complexity index is 579. The maximum Gasteiger partial charge on any atom is 0.171 e. The second-order valence-corrected chi connectivity index (χ2v) is 4.55. The molecule has 0 radical (unpaired) electrons. The summed E-state index contributed by atoms with van der Waals surface area (Å²) in [5.74, 6) is 0.0567. The van der Waals surface area contributed by atoms with Gasteiger partial charge in [0.25, 0.3) is 0 Å². The van der Waals surface area contributed by atoms with Crippen LogP contribution in [0.1, 0.15) is 15.9 Å². The number of carbonyl (C=O) groups excluding carboxylic acids is 1. The molecule has 18 heavy (non-hydrogen) atoms. The van der Waals surface area contributed by atoms with Gasteiger partial charge in [-0.2, -0.15) is 0 Å². The van der Waals surface area contributed by atoms with Crippen molar-refractivity contribution >= 4 is 34.8 Å². The third kappa shape index (κ3) is 2.63. The smallest absolute Gasteiger partial charge is 0.171 e. The first-order chi connectivity index (χ1) is 8.59. The van der Waals surface area contributed by atoms with Crippen molar-refractivity contribution in [1.82, 2.24) is 4.98 Å². The number of nitrogens with zero attached hydrogens (tertiary/aromatic N) is 1. The van der Waals surface area contributed by atoms with E-state index < -0.39 is 0 Å². The van der Waals surface area contributed by atoms with Crippen LogP contribution in [-0.4, -0.2) is 10.8 Å². The molecule has 1 aromatic carbocycles. The van der Waals surface area contributed by atoms with Crippen molar-refractivity contribution in [1.29, 1.82) is 0 Å². The van der Waals surface area contributed by atoms with Crippen molar-refractivity contribution in [3.8, 4) is 0 Å². The van der Waals surface area contributed by atoms with Crippen molar-refractivity contribution in [2.75, 3.05) is 5.73 Å². The average molecular weight is 281 g/mol. The summed E-state index contributed by atoms with van der Waals surface area (Å²) in [6.07, 6.45) is 1.64. The Kier molecular flexibility index (Phi) is 3.84. The lowest BCUT2D eigenvalue weighted by molar-refractivity contribution is 0.0993. The van der Waals surface area contributed by atoms with Crippen molar-refractivity contribution in [2.24, 2.45) is 0 Å². The van der Waals surface area contributed by atoms with Crippen LogP contribution in [0.25, 0.3) is 0 Å². The summed E-state index contributed by atoms with van der Waals surface area (Å²) in [5.41, 5.74) is 6.64. The third-order valence-corrected chi connectivity index (χ3v) is 3.25. The van der Waals surface area contributed by atoms with Crippen LogP contribution in [0.15, 0.2) is 36.5 Å². The minimum Gasteiger partial charge on any atom is -0.383 e. The van der Waals surface area contributed by atoms with Crippen LogP contribution in [0.2, 0.25) is 10.0 Å². The lowest BCUT2D eigenvalue weighted by Gasteiger charge is -2.07. The highest BCUT2D eigenvalue weighted by atomic mass is 35.5. The summed E-state index contributed by atoms with van der Waals surface area (Å²) in [5, 5.41) is 0.941. The Morgan fingerprint density at radius 2 is 1.83 bits per heavy atom. The van der Waals surface area contributed by atoms with E-state index in [4.69, 9.17) is 28.9 Å². The molecule has 0 fully saturated rings. The minimum absolute atomic E-state index is 0.106. The molecule has 5 heteroatoms. The molecular formula is C13H10Cl2N2O. The third-order valence-electron chi connectivity index (χ3n) is 2.54. The fraction of sp³-hybridized carbons (Fsp3) is 0.0769. The lowest BCUT2D eigenvalue weighted by Crippen LogP contribution is -2.08. The maximum absolute atomic E-state index is 12.1. The molecule has 0 unspecified atom stereocenters. The van der Waals surface area contributed by atoms with E-state index in [1.165, 1.54) is 6.20 Å². The molecule has 2 rings (SSSR count). The quantitative estimate of drug-likeness (QED) is 0.877. The van der Waals surface area contributed by atoms with E-state index in [-0.39, 0.29) is 18.0 Å². The highest BCUT2D eigenvalue weighted by molar-refractivity contribution is 6.36. The number of rotatable bonds is 3. The van der Waals surface area contributed by atoms with Crippen molar-refractivity contribution < 1.29 is 4.79 Å². The Hall–Kier alpha value is -1.58. The number of ketones is 1. The highest BCUT2D eigenvalue weighted by Crippen LogP contribution is 2.26. The predicted octanol–water partition coefficient (Wildman–Crippen LogP) is 3.40. The zero-order valence-corrected chi connectivity index (χ0v) is 10.9. The minimum atomic E-state index is -0.157.